The van der Waals surface area contributed by atoms with Crippen LogP contribution in [0.4, 0.5) is 0 Å². The SMILES string of the molecule is CCC(C)(C)CNCc1ccc(C(=O)O)cc1Br. The maximum atomic E-state index is 10.8. The highest BCUT2D eigenvalue weighted by molar-refractivity contribution is 9.10. The van der Waals surface area contributed by atoms with Crippen LogP contribution in [0.15, 0.2) is 22.7 Å². The minimum absolute atomic E-state index is 0.285. The molecule has 0 bridgehead atoms. The second kappa shape index (κ2) is 6.34. The van der Waals surface area contributed by atoms with Crippen molar-refractivity contribution in [3.8, 4) is 0 Å². The van der Waals surface area contributed by atoms with Gasteiger partial charge in [-0.1, -0.05) is 42.8 Å². The summed E-state index contributed by atoms with van der Waals surface area (Å²) in [5.74, 6) is -0.901. The lowest BCUT2D eigenvalue weighted by Gasteiger charge is -2.23. The average molecular weight is 314 g/mol. The minimum atomic E-state index is -0.901. The van der Waals surface area contributed by atoms with E-state index in [2.05, 4.69) is 42.0 Å². The van der Waals surface area contributed by atoms with E-state index < -0.39 is 5.97 Å². The highest BCUT2D eigenvalue weighted by Crippen LogP contribution is 2.21. The number of hydrogen-bond donors (Lipinski definition) is 2. The molecule has 0 atom stereocenters. The van der Waals surface area contributed by atoms with Crippen molar-refractivity contribution in [3.63, 3.8) is 0 Å². The third-order valence-corrected chi connectivity index (χ3v) is 3.91. The van der Waals surface area contributed by atoms with Crippen LogP contribution in [0.3, 0.4) is 0 Å². The summed E-state index contributed by atoms with van der Waals surface area (Å²) in [6.07, 6.45) is 1.12. The number of nitrogens with one attached hydrogen (secondary N) is 1. The molecule has 0 fully saturated rings. The molecule has 0 aliphatic carbocycles. The normalized spacial score (nSPS) is 11.6. The Morgan fingerprint density at radius 3 is 2.61 bits per heavy atom. The van der Waals surface area contributed by atoms with E-state index in [1.807, 2.05) is 6.07 Å². The number of hydrogen-bond acceptors (Lipinski definition) is 2. The molecule has 1 aromatic rings. The predicted octanol–water partition coefficient (Wildman–Crippen LogP) is 3.67. The molecule has 2 N–H and O–H groups in total. The number of carboxylic acids is 1. The second-order valence-corrected chi connectivity index (χ2v) is 6.09. The molecule has 0 amide bonds. The zero-order valence-corrected chi connectivity index (χ0v) is 12.7. The average Bonchev–Trinajstić information content (AvgIpc) is 2.31. The van der Waals surface area contributed by atoms with Crippen molar-refractivity contribution < 1.29 is 9.90 Å². The van der Waals surface area contributed by atoms with Gasteiger partial charge in [-0.15, -0.1) is 0 Å². The van der Waals surface area contributed by atoms with Crippen LogP contribution in [-0.4, -0.2) is 17.6 Å². The van der Waals surface area contributed by atoms with Crippen LogP contribution in [-0.2, 0) is 6.54 Å². The van der Waals surface area contributed by atoms with Gasteiger partial charge in [-0.25, -0.2) is 4.79 Å². The van der Waals surface area contributed by atoms with Crippen molar-refractivity contribution >= 4 is 21.9 Å². The number of rotatable bonds is 6. The molecule has 0 aliphatic heterocycles. The van der Waals surface area contributed by atoms with Crippen LogP contribution in [0, 0.1) is 5.41 Å². The summed E-state index contributed by atoms with van der Waals surface area (Å²) < 4.78 is 0.837. The zero-order chi connectivity index (χ0) is 13.8. The Balaban J connectivity index is 2.61. The van der Waals surface area contributed by atoms with Gasteiger partial charge in [-0.2, -0.15) is 0 Å². The van der Waals surface area contributed by atoms with Crippen molar-refractivity contribution in [2.45, 2.75) is 33.7 Å². The molecule has 1 aromatic carbocycles. The largest absolute Gasteiger partial charge is 0.478 e. The molecule has 0 radical (unpaired) electrons. The monoisotopic (exact) mass is 313 g/mol. The molecule has 0 aliphatic rings. The molecule has 18 heavy (non-hydrogen) atoms. The van der Waals surface area contributed by atoms with Gasteiger partial charge in [0.1, 0.15) is 0 Å². The number of aromatic carboxylic acids is 1. The quantitative estimate of drug-likeness (QED) is 0.842. The van der Waals surface area contributed by atoms with Gasteiger partial charge >= 0.3 is 5.97 Å². The number of carbonyl (C=O) groups is 1. The molecular weight excluding hydrogens is 294 g/mol. The van der Waals surface area contributed by atoms with Crippen LogP contribution in [0.2, 0.25) is 0 Å². The lowest BCUT2D eigenvalue weighted by atomic mass is 9.90. The molecule has 3 nitrogen and oxygen atoms in total. The molecule has 100 valence electrons. The van der Waals surface area contributed by atoms with Crippen LogP contribution in [0.5, 0.6) is 0 Å². The summed E-state index contributed by atoms with van der Waals surface area (Å²) in [6.45, 7) is 8.31. The molecule has 1 rings (SSSR count). The molecule has 0 aromatic heterocycles. The van der Waals surface area contributed by atoms with Crippen molar-refractivity contribution in [1.29, 1.82) is 0 Å². The molecule has 0 saturated carbocycles. The van der Waals surface area contributed by atoms with Crippen molar-refractivity contribution in [2.75, 3.05) is 6.54 Å². The molecule has 0 unspecified atom stereocenters. The van der Waals surface area contributed by atoms with E-state index in [-0.39, 0.29) is 5.41 Å². The smallest absolute Gasteiger partial charge is 0.335 e. The Morgan fingerprint density at radius 2 is 2.11 bits per heavy atom. The Labute approximate surface area is 117 Å². The van der Waals surface area contributed by atoms with Crippen LogP contribution in [0.1, 0.15) is 43.1 Å². The van der Waals surface area contributed by atoms with Crippen molar-refractivity contribution in [1.82, 2.24) is 5.32 Å². The molecule has 0 saturated heterocycles. The van der Waals surface area contributed by atoms with Crippen molar-refractivity contribution in [2.24, 2.45) is 5.41 Å². The van der Waals surface area contributed by atoms with Gasteiger partial charge < -0.3 is 10.4 Å². The Hall–Kier alpha value is -0.870. The summed E-state index contributed by atoms with van der Waals surface area (Å²) in [5, 5.41) is 12.3. The predicted molar refractivity (Wildman–Crippen MR) is 76.9 cm³/mol. The van der Waals surface area contributed by atoms with E-state index in [4.69, 9.17) is 5.11 Å². The van der Waals surface area contributed by atoms with Gasteiger partial charge in [0.2, 0.25) is 0 Å². The summed E-state index contributed by atoms with van der Waals surface area (Å²) in [6, 6.07) is 5.12. The standard InChI is InChI=1S/C14H20BrNO2/c1-4-14(2,3)9-16-8-11-6-5-10(13(17)18)7-12(11)15/h5-7,16H,4,8-9H2,1-3H3,(H,17,18). The van der Waals surface area contributed by atoms with Gasteiger partial charge in [0, 0.05) is 17.6 Å². The summed E-state index contributed by atoms with van der Waals surface area (Å²) in [4.78, 5) is 10.8. The van der Waals surface area contributed by atoms with Crippen LogP contribution < -0.4 is 5.32 Å². The topological polar surface area (TPSA) is 49.3 Å². The summed E-state index contributed by atoms with van der Waals surface area (Å²) in [5.41, 5.74) is 1.67. The number of halogens is 1. The fraction of sp³-hybridized carbons (Fsp3) is 0.500. The van der Waals surface area contributed by atoms with Gasteiger partial charge in [0.05, 0.1) is 5.56 Å². The Morgan fingerprint density at radius 1 is 1.44 bits per heavy atom. The first-order valence-electron chi connectivity index (χ1n) is 6.08. The minimum Gasteiger partial charge on any atom is -0.478 e. The molecular formula is C14H20BrNO2. The fourth-order valence-corrected chi connectivity index (χ4v) is 2.00. The molecule has 0 heterocycles. The first-order chi connectivity index (χ1) is 8.35. The number of benzene rings is 1. The van der Waals surface area contributed by atoms with Gasteiger partial charge in [0.15, 0.2) is 0 Å². The highest BCUT2D eigenvalue weighted by Gasteiger charge is 2.14. The van der Waals surface area contributed by atoms with E-state index in [1.54, 1.807) is 12.1 Å². The van der Waals surface area contributed by atoms with Crippen LogP contribution >= 0.6 is 15.9 Å². The lowest BCUT2D eigenvalue weighted by Crippen LogP contribution is -2.28. The fourth-order valence-electron chi connectivity index (χ4n) is 1.48. The third-order valence-electron chi connectivity index (χ3n) is 3.18. The van der Waals surface area contributed by atoms with Gasteiger partial charge in [-0.3, -0.25) is 0 Å². The maximum absolute atomic E-state index is 10.8. The summed E-state index contributed by atoms with van der Waals surface area (Å²) in [7, 11) is 0. The second-order valence-electron chi connectivity index (χ2n) is 5.23. The van der Waals surface area contributed by atoms with Gasteiger partial charge in [-0.05, 0) is 29.5 Å². The van der Waals surface area contributed by atoms with E-state index in [9.17, 15) is 4.79 Å². The van der Waals surface area contributed by atoms with E-state index >= 15 is 0 Å². The third kappa shape index (κ3) is 4.42. The van der Waals surface area contributed by atoms with Crippen LogP contribution in [0.25, 0.3) is 0 Å². The lowest BCUT2D eigenvalue weighted by molar-refractivity contribution is 0.0697. The van der Waals surface area contributed by atoms with Crippen molar-refractivity contribution in [3.05, 3.63) is 33.8 Å². The zero-order valence-electron chi connectivity index (χ0n) is 11.1. The number of carboxylic acid groups (broad SMARTS) is 1. The summed E-state index contributed by atoms with van der Waals surface area (Å²) >= 11 is 3.41. The molecule has 0 spiro atoms. The maximum Gasteiger partial charge on any atom is 0.335 e. The first-order valence-corrected chi connectivity index (χ1v) is 6.87. The van der Waals surface area contributed by atoms with E-state index in [0.29, 0.717) is 5.56 Å². The van der Waals surface area contributed by atoms with Gasteiger partial charge in [0.25, 0.3) is 0 Å². The first kappa shape index (κ1) is 15.2. The molecule has 4 heteroatoms. The Kier molecular flexibility index (Phi) is 5.35. The van der Waals surface area contributed by atoms with E-state index in [1.165, 1.54) is 0 Å². The highest BCUT2D eigenvalue weighted by atomic mass is 79.9. The van der Waals surface area contributed by atoms with E-state index in [0.717, 1.165) is 29.5 Å². The Bertz CT molecular complexity index is 430.